The van der Waals surface area contributed by atoms with Gasteiger partial charge in [0.2, 0.25) is 0 Å². The maximum atomic E-state index is 12.9. The zero-order valence-electron chi connectivity index (χ0n) is 15.5. The number of nitrogens with zero attached hydrogens (tertiary/aromatic N) is 4. The monoisotopic (exact) mass is 376 g/mol. The summed E-state index contributed by atoms with van der Waals surface area (Å²) < 4.78 is 1.53. The highest BCUT2D eigenvalue weighted by atomic mass is 16.2. The molecule has 28 heavy (non-hydrogen) atoms. The molecule has 0 atom stereocenters. The molecule has 8 nitrogen and oxygen atoms in total. The number of nitrogens with one attached hydrogen (secondary N) is 2. The molecule has 0 unspecified atom stereocenters. The van der Waals surface area contributed by atoms with Crippen molar-refractivity contribution in [2.45, 2.75) is 18.8 Å². The van der Waals surface area contributed by atoms with Gasteiger partial charge >= 0.3 is 5.69 Å². The number of rotatable bonds is 2. The van der Waals surface area contributed by atoms with Crippen LogP contribution in [0.4, 0.5) is 0 Å². The molecule has 4 heterocycles. The molecule has 1 aliphatic rings. The molecule has 0 radical (unpaired) electrons. The van der Waals surface area contributed by atoms with Crippen molar-refractivity contribution in [3.63, 3.8) is 0 Å². The Morgan fingerprint density at radius 2 is 2.00 bits per heavy atom. The fraction of sp³-hybridized carbons (Fsp3) is 0.300. The number of H-pyrrole nitrogens is 2. The Hall–Kier alpha value is -3.42. The Morgan fingerprint density at radius 1 is 1.18 bits per heavy atom. The molecule has 1 amide bonds. The standard InChI is InChI=1S/C20H20N6O2/c1-25-18-17(24-20(25)28)14(4-7-21-18)12-5-8-26(9-6-12)19(27)13-2-3-15-16(10-13)23-11-22-15/h2-4,7,10-12H,5-6,8-9H2,1H3,(H,22,23)(H,24,28). The van der Waals surface area contributed by atoms with Gasteiger partial charge in [0.25, 0.3) is 5.91 Å². The van der Waals surface area contributed by atoms with Gasteiger partial charge in [0.05, 0.1) is 22.9 Å². The summed E-state index contributed by atoms with van der Waals surface area (Å²) in [5, 5.41) is 0. The van der Waals surface area contributed by atoms with E-state index in [0.29, 0.717) is 30.2 Å². The number of aromatic nitrogens is 5. The highest BCUT2D eigenvalue weighted by molar-refractivity contribution is 5.97. The largest absolute Gasteiger partial charge is 0.345 e. The van der Waals surface area contributed by atoms with Crippen molar-refractivity contribution in [1.82, 2.24) is 29.4 Å². The number of hydrogen-bond acceptors (Lipinski definition) is 4. The molecule has 0 saturated carbocycles. The van der Waals surface area contributed by atoms with Gasteiger partial charge in [-0.25, -0.2) is 14.8 Å². The molecule has 5 rings (SSSR count). The number of aromatic amines is 2. The lowest BCUT2D eigenvalue weighted by Gasteiger charge is -2.32. The smallest absolute Gasteiger partial charge is 0.327 e. The van der Waals surface area contributed by atoms with Crippen LogP contribution in [-0.4, -0.2) is 48.4 Å². The third-order valence-corrected chi connectivity index (χ3v) is 5.71. The van der Waals surface area contributed by atoms with E-state index in [2.05, 4.69) is 19.9 Å². The number of fused-ring (bicyclic) bond motifs is 2. The van der Waals surface area contributed by atoms with E-state index in [9.17, 15) is 9.59 Å². The minimum Gasteiger partial charge on any atom is -0.345 e. The van der Waals surface area contributed by atoms with Crippen molar-refractivity contribution in [2.24, 2.45) is 7.05 Å². The van der Waals surface area contributed by atoms with Crippen LogP contribution in [0, 0.1) is 0 Å². The van der Waals surface area contributed by atoms with Crippen LogP contribution in [0.15, 0.2) is 41.6 Å². The minimum atomic E-state index is -0.156. The molecule has 0 spiro atoms. The van der Waals surface area contributed by atoms with Crippen molar-refractivity contribution in [1.29, 1.82) is 0 Å². The van der Waals surface area contributed by atoms with Crippen LogP contribution in [0.3, 0.4) is 0 Å². The second-order valence-corrected chi connectivity index (χ2v) is 7.29. The van der Waals surface area contributed by atoms with Crippen molar-refractivity contribution in [2.75, 3.05) is 13.1 Å². The predicted molar refractivity (Wildman–Crippen MR) is 105 cm³/mol. The van der Waals surface area contributed by atoms with E-state index < -0.39 is 0 Å². The van der Waals surface area contributed by atoms with Gasteiger partial charge in [-0.2, -0.15) is 0 Å². The van der Waals surface area contributed by atoms with Crippen molar-refractivity contribution < 1.29 is 4.79 Å². The minimum absolute atomic E-state index is 0.0444. The number of piperidine rings is 1. The normalized spacial score (nSPS) is 15.5. The van der Waals surface area contributed by atoms with Crippen LogP contribution < -0.4 is 5.69 Å². The first-order valence-corrected chi connectivity index (χ1v) is 9.38. The van der Waals surface area contributed by atoms with E-state index >= 15 is 0 Å². The number of amides is 1. The van der Waals surface area contributed by atoms with Crippen LogP contribution in [0.25, 0.3) is 22.2 Å². The number of carbonyl (C=O) groups excluding carboxylic acids is 1. The van der Waals surface area contributed by atoms with Crippen LogP contribution in [0.5, 0.6) is 0 Å². The molecular formula is C20H20N6O2. The van der Waals surface area contributed by atoms with E-state index in [1.54, 1.807) is 19.6 Å². The van der Waals surface area contributed by atoms with E-state index in [0.717, 1.165) is 35.0 Å². The fourth-order valence-corrected chi connectivity index (χ4v) is 4.12. The van der Waals surface area contributed by atoms with Gasteiger partial charge in [-0.05, 0) is 48.6 Å². The third kappa shape index (κ3) is 2.60. The number of imidazole rings is 2. The maximum Gasteiger partial charge on any atom is 0.327 e. The molecule has 1 aliphatic heterocycles. The summed E-state index contributed by atoms with van der Waals surface area (Å²) in [6.45, 7) is 1.37. The highest BCUT2D eigenvalue weighted by Gasteiger charge is 2.26. The lowest BCUT2D eigenvalue weighted by atomic mass is 9.89. The first kappa shape index (κ1) is 16.7. The number of aryl methyl sites for hydroxylation is 1. The number of hydrogen-bond donors (Lipinski definition) is 2. The zero-order valence-corrected chi connectivity index (χ0v) is 15.5. The number of likely N-dealkylation sites (tertiary alicyclic amines) is 1. The van der Waals surface area contributed by atoms with Gasteiger partial charge in [-0.15, -0.1) is 0 Å². The van der Waals surface area contributed by atoms with Gasteiger partial charge in [0.1, 0.15) is 0 Å². The molecule has 142 valence electrons. The highest BCUT2D eigenvalue weighted by Crippen LogP contribution is 2.31. The second-order valence-electron chi connectivity index (χ2n) is 7.29. The number of benzene rings is 1. The molecular weight excluding hydrogens is 356 g/mol. The number of pyridine rings is 1. The van der Waals surface area contributed by atoms with Crippen molar-refractivity contribution in [3.8, 4) is 0 Å². The van der Waals surface area contributed by atoms with Gasteiger partial charge in [-0.3, -0.25) is 9.36 Å². The Kier molecular flexibility index (Phi) is 3.78. The molecule has 1 aromatic carbocycles. The lowest BCUT2D eigenvalue weighted by molar-refractivity contribution is 0.0713. The Balaban J connectivity index is 1.35. The summed E-state index contributed by atoms with van der Waals surface area (Å²) in [6.07, 6.45) is 5.10. The maximum absolute atomic E-state index is 12.9. The Morgan fingerprint density at radius 3 is 2.82 bits per heavy atom. The summed E-state index contributed by atoms with van der Waals surface area (Å²) in [7, 11) is 1.72. The third-order valence-electron chi connectivity index (χ3n) is 5.71. The van der Waals surface area contributed by atoms with Gasteiger partial charge in [0.15, 0.2) is 5.65 Å². The van der Waals surface area contributed by atoms with E-state index in [1.807, 2.05) is 29.2 Å². The average molecular weight is 376 g/mol. The summed E-state index contributed by atoms with van der Waals surface area (Å²) in [4.78, 5) is 41.2. The Labute approximate surface area is 160 Å². The summed E-state index contributed by atoms with van der Waals surface area (Å²) in [5.74, 6) is 0.339. The van der Waals surface area contributed by atoms with Crippen LogP contribution in [0.2, 0.25) is 0 Å². The van der Waals surface area contributed by atoms with E-state index in [-0.39, 0.29) is 11.6 Å². The van der Waals surface area contributed by atoms with Crippen LogP contribution in [-0.2, 0) is 7.05 Å². The van der Waals surface area contributed by atoms with E-state index in [1.165, 1.54) is 4.57 Å². The van der Waals surface area contributed by atoms with Crippen LogP contribution >= 0.6 is 0 Å². The van der Waals surface area contributed by atoms with Gasteiger partial charge in [0, 0.05) is 31.9 Å². The van der Waals surface area contributed by atoms with Crippen molar-refractivity contribution >= 4 is 28.1 Å². The molecule has 2 N–H and O–H groups in total. The molecule has 0 bridgehead atoms. The average Bonchev–Trinajstić information content (AvgIpc) is 3.31. The van der Waals surface area contributed by atoms with Gasteiger partial charge in [-0.1, -0.05) is 0 Å². The second kappa shape index (κ2) is 6.33. The quantitative estimate of drug-likeness (QED) is 0.560. The summed E-state index contributed by atoms with van der Waals surface area (Å²) in [6, 6.07) is 7.54. The SMILES string of the molecule is Cn1c(=O)[nH]c2c(C3CCN(C(=O)c4ccc5nc[nH]c5c4)CC3)ccnc21. The molecule has 1 saturated heterocycles. The first-order chi connectivity index (χ1) is 13.6. The lowest BCUT2D eigenvalue weighted by Crippen LogP contribution is -2.38. The molecule has 8 heteroatoms. The van der Waals surface area contributed by atoms with Gasteiger partial charge < -0.3 is 14.9 Å². The molecule has 4 aromatic rings. The van der Waals surface area contributed by atoms with E-state index in [4.69, 9.17) is 0 Å². The first-order valence-electron chi connectivity index (χ1n) is 9.38. The number of carbonyl (C=O) groups is 1. The zero-order chi connectivity index (χ0) is 19.3. The topological polar surface area (TPSA) is 99.7 Å². The summed E-state index contributed by atoms with van der Waals surface area (Å²) >= 11 is 0. The molecule has 3 aromatic heterocycles. The van der Waals surface area contributed by atoms with Crippen molar-refractivity contribution in [3.05, 3.63) is 58.4 Å². The summed E-state index contributed by atoms with van der Waals surface area (Å²) in [5.41, 5.74) is 4.83. The molecule has 1 fully saturated rings. The molecule has 0 aliphatic carbocycles. The predicted octanol–water partition coefficient (Wildman–Crippen LogP) is 2.16. The van der Waals surface area contributed by atoms with Crippen LogP contribution in [0.1, 0.15) is 34.7 Å². The Bertz CT molecular complexity index is 1240. The fourth-order valence-electron chi connectivity index (χ4n) is 4.12.